The Kier molecular flexibility index (Phi) is 10.8. The molecule has 7 nitrogen and oxygen atoms in total. The molecule has 0 saturated heterocycles. The van der Waals surface area contributed by atoms with E-state index in [0.717, 1.165) is 0 Å². The molecule has 0 N–H and O–H groups in total. The summed E-state index contributed by atoms with van der Waals surface area (Å²) in [6.07, 6.45) is -2.86. The maximum absolute atomic E-state index is 13.7. The summed E-state index contributed by atoms with van der Waals surface area (Å²) in [5.41, 5.74) is 0. The molecule has 0 bridgehead atoms. The van der Waals surface area contributed by atoms with Crippen LogP contribution in [0.25, 0.3) is 0 Å². The maximum Gasteiger partial charge on any atom is 0.341 e. The number of ether oxygens (including phenoxy) is 3. The highest BCUT2D eigenvalue weighted by Crippen LogP contribution is 2.50. The van der Waals surface area contributed by atoms with Crippen molar-refractivity contribution in [3.8, 4) is 0 Å². The Hall–Kier alpha value is -0.530. The summed E-state index contributed by atoms with van der Waals surface area (Å²) in [5, 5.41) is 0. The molecule has 0 rings (SSSR count). The van der Waals surface area contributed by atoms with Crippen LogP contribution in [0.15, 0.2) is 0 Å². The third kappa shape index (κ3) is 8.48. The third-order valence-electron chi connectivity index (χ3n) is 2.10. The largest absolute Gasteiger partial charge is 0.464 e. The molecular formula is C12H24FO7P. The predicted molar refractivity (Wildman–Crippen MR) is 73.8 cm³/mol. The number of halogens is 1. The zero-order valence-electron chi connectivity index (χ0n) is 12.9. The summed E-state index contributed by atoms with van der Waals surface area (Å²) in [7, 11) is -3.89. The molecule has 0 aromatic carbocycles. The van der Waals surface area contributed by atoms with Crippen LogP contribution in [-0.2, 0) is 32.6 Å². The van der Waals surface area contributed by atoms with E-state index in [1.807, 2.05) is 0 Å². The molecule has 21 heavy (non-hydrogen) atoms. The van der Waals surface area contributed by atoms with Crippen molar-refractivity contribution < 1.29 is 37.0 Å². The fraction of sp³-hybridized carbons (Fsp3) is 0.917. The van der Waals surface area contributed by atoms with Crippen LogP contribution in [0.5, 0.6) is 0 Å². The van der Waals surface area contributed by atoms with Gasteiger partial charge in [-0.05, 0) is 27.7 Å². The van der Waals surface area contributed by atoms with Gasteiger partial charge >= 0.3 is 13.6 Å². The van der Waals surface area contributed by atoms with Crippen LogP contribution in [-0.4, -0.2) is 51.2 Å². The molecule has 0 radical (unpaired) electrons. The molecule has 0 aromatic rings. The summed E-state index contributed by atoms with van der Waals surface area (Å²) in [5.74, 6) is -1.11. The first-order valence-corrected chi connectivity index (χ1v) is 8.61. The molecule has 0 heterocycles. The lowest BCUT2D eigenvalue weighted by Crippen LogP contribution is -2.27. The minimum Gasteiger partial charge on any atom is -0.464 e. The molecule has 126 valence electrons. The first kappa shape index (κ1) is 20.5. The number of esters is 1. The average Bonchev–Trinajstić information content (AvgIpc) is 2.39. The molecule has 2 unspecified atom stereocenters. The highest BCUT2D eigenvalue weighted by Gasteiger charge is 2.36. The summed E-state index contributed by atoms with van der Waals surface area (Å²) in [6, 6.07) is 0. The molecule has 9 heteroatoms. The van der Waals surface area contributed by atoms with Crippen LogP contribution in [0.4, 0.5) is 4.39 Å². The van der Waals surface area contributed by atoms with E-state index < -0.39 is 32.4 Å². The second-order valence-electron chi connectivity index (χ2n) is 3.74. The molecule has 0 aromatic heterocycles. The van der Waals surface area contributed by atoms with Crippen molar-refractivity contribution in [2.75, 3.05) is 32.6 Å². The van der Waals surface area contributed by atoms with Gasteiger partial charge in [0.25, 0.3) is 6.48 Å². The number of carbonyl (C=O) groups is 1. The van der Waals surface area contributed by atoms with Gasteiger partial charge in [-0.15, -0.1) is 0 Å². The van der Waals surface area contributed by atoms with Crippen molar-refractivity contribution in [1.82, 2.24) is 0 Å². The van der Waals surface area contributed by atoms with E-state index in [0.29, 0.717) is 0 Å². The lowest BCUT2D eigenvalue weighted by atomic mass is 10.4. The van der Waals surface area contributed by atoms with Gasteiger partial charge in [-0.3, -0.25) is 9.09 Å². The molecule has 0 aliphatic carbocycles. The zero-order chi connectivity index (χ0) is 16.3. The van der Waals surface area contributed by atoms with E-state index in [2.05, 4.69) is 4.74 Å². The van der Waals surface area contributed by atoms with Gasteiger partial charge in [-0.1, -0.05) is 0 Å². The minimum atomic E-state index is -3.89. The summed E-state index contributed by atoms with van der Waals surface area (Å²) in [6.45, 7) is 5.80. The fourth-order valence-electron chi connectivity index (χ4n) is 1.34. The van der Waals surface area contributed by atoms with E-state index >= 15 is 0 Å². The van der Waals surface area contributed by atoms with Crippen LogP contribution in [0.3, 0.4) is 0 Å². The molecule has 0 fully saturated rings. The van der Waals surface area contributed by atoms with Crippen LogP contribution in [0.1, 0.15) is 27.7 Å². The van der Waals surface area contributed by atoms with E-state index in [1.165, 1.54) is 0 Å². The van der Waals surface area contributed by atoms with Crippen molar-refractivity contribution in [3.05, 3.63) is 0 Å². The SMILES string of the molecule is CCOC(=O)C(F)CP(=O)(OCC)OC(OCC)OCC. The van der Waals surface area contributed by atoms with Gasteiger partial charge in [-0.25, -0.2) is 9.18 Å². The quantitative estimate of drug-likeness (QED) is 0.309. The van der Waals surface area contributed by atoms with E-state index in [1.54, 1.807) is 27.7 Å². The number of alkyl halides is 1. The molecule has 0 aliphatic heterocycles. The number of carbonyl (C=O) groups excluding carboxylic acids is 1. The van der Waals surface area contributed by atoms with Crippen molar-refractivity contribution in [3.63, 3.8) is 0 Å². The van der Waals surface area contributed by atoms with Crippen LogP contribution >= 0.6 is 7.60 Å². The lowest BCUT2D eigenvalue weighted by molar-refractivity contribution is -0.245. The molecule has 0 amide bonds. The highest BCUT2D eigenvalue weighted by atomic mass is 31.2. The summed E-state index contributed by atoms with van der Waals surface area (Å²) in [4.78, 5) is 11.3. The Balaban J connectivity index is 4.80. The Labute approximate surface area is 124 Å². The second-order valence-corrected chi connectivity index (χ2v) is 5.79. The maximum atomic E-state index is 13.7. The van der Waals surface area contributed by atoms with Gasteiger partial charge in [0.1, 0.15) is 0 Å². The first-order chi connectivity index (χ1) is 9.92. The van der Waals surface area contributed by atoms with Crippen molar-refractivity contribution >= 4 is 13.6 Å². The Morgan fingerprint density at radius 3 is 2.05 bits per heavy atom. The first-order valence-electron chi connectivity index (χ1n) is 6.88. The number of hydrogen-bond donors (Lipinski definition) is 0. The molecule has 0 spiro atoms. The zero-order valence-corrected chi connectivity index (χ0v) is 13.8. The van der Waals surface area contributed by atoms with Gasteiger partial charge < -0.3 is 18.7 Å². The van der Waals surface area contributed by atoms with E-state index in [9.17, 15) is 13.8 Å². The summed E-state index contributed by atoms with van der Waals surface area (Å²) < 4.78 is 50.9. The monoisotopic (exact) mass is 330 g/mol. The van der Waals surface area contributed by atoms with Crippen molar-refractivity contribution in [2.24, 2.45) is 0 Å². The number of rotatable bonds is 12. The smallest absolute Gasteiger partial charge is 0.341 e. The fourth-order valence-corrected chi connectivity index (χ4v) is 2.91. The van der Waals surface area contributed by atoms with Gasteiger partial charge in [-0.2, -0.15) is 0 Å². The Morgan fingerprint density at radius 2 is 1.62 bits per heavy atom. The minimum absolute atomic E-state index is 0.0256. The van der Waals surface area contributed by atoms with Crippen molar-refractivity contribution in [1.29, 1.82) is 0 Å². The van der Waals surface area contributed by atoms with Gasteiger partial charge in [0.15, 0.2) is 0 Å². The second kappa shape index (κ2) is 11.1. The third-order valence-corrected chi connectivity index (χ3v) is 4.02. The molecular weight excluding hydrogens is 306 g/mol. The predicted octanol–water partition coefficient (Wildman–Crippen LogP) is 2.49. The normalized spacial score (nSPS) is 15.7. The van der Waals surface area contributed by atoms with E-state index in [4.69, 9.17) is 18.5 Å². The average molecular weight is 330 g/mol. The standard InChI is InChI=1S/C12H24FO7P/c1-5-16-11(14)10(13)9-21(15,19-8-4)20-12(17-6-2)18-7-3/h10,12H,5-9H2,1-4H3. The van der Waals surface area contributed by atoms with Crippen LogP contribution in [0, 0.1) is 0 Å². The lowest BCUT2D eigenvalue weighted by Gasteiger charge is -2.24. The molecule has 2 atom stereocenters. The van der Waals surface area contributed by atoms with Crippen LogP contribution in [0.2, 0.25) is 0 Å². The number of hydrogen-bond acceptors (Lipinski definition) is 7. The highest BCUT2D eigenvalue weighted by molar-refractivity contribution is 7.54. The van der Waals surface area contributed by atoms with Crippen molar-refractivity contribution in [2.45, 2.75) is 40.3 Å². The summed E-state index contributed by atoms with van der Waals surface area (Å²) >= 11 is 0. The molecule has 0 saturated carbocycles. The molecule has 0 aliphatic rings. The Bertz CT molecular complexity index is 334. The van der Waals surface area contributed by atoms with E-state index in [-0.39, 0.29) is 26.4 Å². The van der Waals surface area contributed by atoms with Gasteiger partial charge in [0.05, 0.1) is 19.4 Å². The van der Waals surface area contributed by atoms with Gasteiger partial charge in [0.2, 0.25) is 6.17 Å². The van der Waals surface area contributed by atoms with Gasteiger partial charge in [0, 0.05) is 13.2 Å². The Morgan fingerprint density at radius 1 is 1.05 bits per heavy atom. The topological polar surface area (TPSA) is 80.3 Å². The van der Waals surface area contributed by atoms with Crippen LogP contribution < -0.4 is 0 Å².